The van der Waals surface area contributed by atoms with Gasteiger partial charge < -0.3 is 9.62 Å². The van der Waals surface area contributed by atoms with Gasteiger partial charge in [0.05, 0.1) is 23.5 Å². The first-order valence-electron chi connectivity index (χ1n) is 8.46. The smallest absolute Gasteiger partial charge is 0.326 e. The van der Waals surface area contributed by atoms with E-state index in [4.69, 9.17) is 0 Å². The van der Waals surface area contributed by atoms with E-state index in [1.54, 1.807) is 23.6 Å². The highest BCUT2D eigenvalue weighted by Crippen LogP contribution is 2.42. The number of nitrogens with one attached hydrogen (secondary N) is 1. The van der Waals surface area contributed by atoms with E-state index in [9.17, 15) is 18.0 Å². The second-order valence-corrected chi connectivity index (χ2v) is 7.11. The van der Waals surface area contributed by atoms with Gasteiger partial charge in [-0.25, -0.2) is 0 Å². The van der Waals surface area contributed by atoms with Gasteiger partial charge in [0.2, 0.25) is 0 Å². The van der Waals surface area contributed by atoms with Gasteiger partial charge in [0.1, 0.15) is 0 Å². The summed E-state index contributed by atoms with van der Waals surface area (Å²) in [6, 6.07) is 14.2. The van der Waals surface area contributed by atoms with Crippen LogP contribution >= 0.6 is 11.9 Å². The predicted octanol–water partition coefficient (Wildman–Crippen LogP) is 6.22. The quantitative estimate of drug-likeness (QED) is 0.516. The number of nitrogens with zero attached hydrogens (tertiary/aromatic N) is 1. The predicted molar refractivity (Wildman–Crippen MR) is 107 cm³/mol. The van der Waals surface area contributed by atoms with Crippen molar-refractivity contribution < 1.29 is 18.0 Å². The maximum Gasteiger partial charge on any atom is 0.416 e. The van der Waals surface area contributed by atoms with Crippen molar-refractivity contribution in [1.29, 1.82) is 0 Å². The molecule has 0 aliphatic carbocycles. The minimum atomic E-state index is -4.42. The number of rotatable bonds is 5. The van der Waals surface area contributed by atoms with Crippen LogP contribution in [0.4, 0.5) is 24.5 Å². The Labute approximate surface area is 164 Å². The zero-order valence-electron chi connectivity index (χ0n) is 14.6. The zero-order valence-corrected chi connectivity index (χ0v) is 15.4. The van der Waals surface area contributed by atoms with Gasteiger partial charge in [0, 0.05) is 16.3 Å². The molecule has 0 saturated carbocycles. The Morgan fingerprint density at radius 3 is 2.64 bits per heavy atom. The molecular formula is C21H15F3N2OS. The number of halogens is 3. The molecule has 0 bridgehead atoms. The standard InChI is InChI=1S/C21H15F3N2OS/c1-2-28-25-17-9-10-18-19-15(17)7-4-8-16(19)20(27)26(18)12-13-5-3-6-14(11-13)21(22,23)24/h2-11,25H,1,12H2. The number of carbonyl (C=O) groups is 1. The highest BCUT2D eigenvalue weighted by atomic mass is 32.2. The minimum Gasteiger partial charge on any atom is -0.326 e. The fourth-order valence-corrected chi connectivity index (χ4v) is 3.81. The molecule has 3 aromatic carbocycles. The third kappa shape index (κ3) is 3.11. The average molecular weight is 400 g/mol. The normalized spacial score (nSPS) is 13.2. The van der Waals surface area contributed by atoms with Crippen LogP contribution in [0, 0.1) is 0 Å². The van der Waals surface area contributed by atoms with Crippen molar-refractivity contribution in [2.45, 2.75) is 12.7 Å². The lowest BCUT2D eigenvalue weighted by Crippen LogP contribution is -2.26. The molecule has 3 aromatic rings. The van der Waals surface area contributed by atoms with Gasteiger partial charge in [0.25, 0.3) is 5.91 Å². The van der Waals surface area contributed by atoms with Crippen LogP contribution in [0.2, 0.25) is 0 Å². The summed E-state index contributed by atoms with van der Waals surface area (Å²) in [5.41, 5.74) is 1.79. The summed E-state index contributed by atoms with van der Waals surface area (Å²) in [5, 5.41) is 3.34. The first kappa shape index (κ1) is 18.4. The number of benzene rings is 3. The third-order valence-electron chi connectivity index (χ3n) is 4.63. The fraction of sp³-hybridized carbons (Fsp3) is 0.0952. The summed E-state index contributed by atoms with van der Waals surface area (Å²) < 4.78 is 42.2. The van der Waals surface area contributed by atoms with E-state index >= 15 is 0 Å². The first-order valence-corrected chi connectivity index (χ1v) is 9.34. The van der Waals surface area contributed by atoms with Crippen molar-refractivity contribution in [3.63, 3.8) is 0 Å². The van der Waals surface area contributed by atoms with E-state index in [1.165, 1.54) is 22.9 Å². The molecule has 7 heteroatoms. The van der Waals surface area contributed by atoms with Gasteiger partial charge >= 0.3 is 6.18 Å². The number of carbonyl (C=O) groups excluding carboxylic acids is 1. The molecule has 0 unspecified atom stereocenters. The van der Waals surface area contributed by atoms with Crippen molar-refractivity contribution in [3.8, 4) is 0 Å². The lowest BCUT2D eigenvalue weighted by Gasteiger charge is -2.19. The van der Waals surface area contributed by atoms with Crippen LogP contribution in [0.1, 0.15) is 21.5 Å². The second-order valence-electron chi connectivity index (χ2n) is 6.34. The molecule has 4 rings (SSSR count). The van der Waals surface area contributed by atoms with Crippen molar-refractivity contribution in [3.05, 3.63) is 83.3 Å². The van der Waals surface area contributed by atoms with Gasteiger partial charge in [-0.1, -0.05) is 30.8 Å². The molecule has 142 valence electrons. The lowest BCUT2D eigenvalue weighted by atomic mass is 10.0. The molecule has 0 saturated heterocycles. The van der Waals surface area contributed by atoms with Crippen molar-refractivity contribution in [2.75, 3.05) is 9.62 Å². The zero-order chi connectivity index (χ0) is 19.9. The monoisotopic (exact) mass is 400 g/mol. The molecule has 1 amide bonds. The summed E-state index contributed by atoms with van der Waals surface area (Å²) >= 11 is 1.33. The first-order chi connectivity index (χ1) is 13.4. The Hall–Kier alpha value is -2.93. The number of amides is 1. The van der Waals surface area contributed by atoms with Crippen LogP contribution in [-0.2, 0) is 12.7 Å². The van der Waals surface area contributed by atoms with Crippen molar-refractivity contribution in [1.82, 2.24) is 0 Å². The topological polar surface area (TPSA) is 32.3 Å². The molecule has 3 nitrogen and oxygen atoms in total. The maximum atomic E-state index is 13.0. The maximum absolute atomic E-state index is 13.0. The Morgan fingerprint density at radius 2 is 1.89 bits per heavy atom. The van der Waals surface area contributed by atoms with Crippen LogP contribution < -0.4 is 9.62 Å². The van der Waals surface area contributed by atoms with E-state index in [0.29, 0.717) is 16.8 Å². The molecule has 1 heterocycles. The number of anilines is 2. The van der Waals surface area contributed by atoms with Gasteiger partial charge in [-0.05, 0) is 53.3 Å². The molecule has 0 radical (unpaired) electrons. The molecule has 28 heavy (non-hydrogen) atoms. The molecule has 0 fully saturated rings. The van der Waals surface area contributed by atoms with E-state index < -0.39 is 11.7 Å². The number of hydrogen-bond donors (Lipinski definition) is 1. The summed E-state index contributed by atoms with van der Waals surface area (Å²) in [5.74, 6) is -0.216. The highest BCUT2D eigenvalue weighted by Gasteiger charge is 2.33. The lowest BCUT2D eigenvalue weighted by molar-refractivity contribution is -0.137. The molecule has 0 aromatic heterocycles. The van der Waals surface area contributed by atoms with E-state index in [-0.39, 0.29) is 12.5 Å². The molecular weight excluding hydrogens is 385 g/mol. The third-order valence-corrected chi connectivity index (χ3v) is 5.14. The second kappa shape index (κ2) is 6.91. The van der Waals surface area contributed by atoms with Crippen LogP contribution in [0.5, 0.6) is 0 Å². The molecule has 1 aliphatic rings. The van der Waals surface area contributed by atoms with E-state index in [0.717, 1.165) is 28.6 Å². The van der Waals surface area contributed by atoms with Gasteiger partial charge in [-0.2, -0.15) is 13.2 Å². The van der Waals surface area contributed by atoms with Crippen LogP contribution in [0.15, 0.2) is 66.6 Å². The summed E-state index contributed by atoms with van der Waals surface area (Å²) in [4.78, 5) is 14.5. The number of alkyl halides is 3. The Balaban J connectivity index is 1.74. The molecule has 1 N–H and O–H groups in total. The van der Waals surface area contributed by atoms with Gasteiger partial charge in [-0.15, -0.1) is 0 Å². The Kier molecular flexibility index (Phi) is 4.55. The summed E-state index contributed by atoms with van der Waals surface area (Å²) in [6.07, 6.45) is -4.42. The summed E-state index contributed by atoms with van der Waals surface area (Å²) in [6.45, 7) is 3.73. The Morgan fingerprint density at radius 1 is 1.11 bits per heavy atom. The SMILES string of the molecule is C=CSNc1ccc2c3c(cccc13)C(=O)N2Cc1cccc(C(F)(F)F)c1. The number of hydrogen-bond acceptors (Lipinski definition) is 3. The van der Waals surface area contributed by atoms with Crippen molar-refractivity contribution >= 4 is 40.0 Å². The van der Waals surface area contributed by atoms with E-state index in [2.05, 4.69) is 11.3 Å². The van der Waals surface area contributed by atoms with Crippen LogP contribution in [0.3, 0.4) is 0 Å². The minimum absolute atomic E-state index is 0.0702. The largest absolute Gasteiger partial charge is 0.416 e. The fourth-order valence-electron chi connectivity index (χ4n) is 3.43. The molecule has 0 spiro atoms. The van der Waals surface area contributed by atoms with Crippen LogP contribution in [-0.4, -0.2) is 5.91 Å². The molecule has 0 atom stereocenters. The average Bonchev–Trinajstić information content (AvgIpc) is 2.94. The van der Waals surface area contributed by atoms with Gasteiger partial charge in [-0.3, -0.25) is 4.79 Å². The van der Waals surface area contributed by atoms with E-state index in [1.807, 2.05) is 18.2 Å². The van der Waals surface area contributed by atoms with Crippen LogP contribution in [0.25, 0.3) is 10.8 Å². The Bertz CT molecular complexity index is 1090. The summed E-state index contributed by atoms with van der Waals surface area (Å²) in [7, 11) is 0. The highest BCUT2D eigenvalue weighted by molar-refractivity contribution is 8.03. The molecule has 1 aliphatic heterocycles. The van der Waals surface area contributed by atoms with Crippen molar-refractivity contribution in [2.24, 2.45) is 0 Å². The van der Waals surface area contributed by atoms with Gasteiger partial charge in [0.15, 0.2) is 0 Å².